The summed E-state index contributed by atoms with van der Waals surface area (Å²) >= 11 is 0. The van der Waals surface area contributed by atoms with Crippen molar-refractivity contribution in [1.82, 2.24) is 9.80 Å². The zero-order chi connectivity index (χ0) is 14.0. The van der Waals surface area contributed by atoms with Crippen molar-refractivity contribution >= 4 is 5.91 Å². The van der Waals surface area contributed by atoms with E-state index in [1.807, 2.05) is 4.90 Å². The Morgan fingerprint density at radius 3 is 2.30 bits per heavy atom. The van der Waals surface area contributed by atoms with Gasteiger partial charge >= 0.3 is 0 Å². The van der Waals surface area contributed by atoms with Crippen molar-refractivity contribution in [1.29, 1.82) is 0 Å². The lowest BCUT2D eigenvalue weighted by molar-refractivity contribution is -0.183. The third-order valence-electron chi connectivity index (χ3n) is 5.00. The second-order valence-corrected chi connectivity index (χ2v) is 6.44. The van der Waals surface area contributed by atoms with E-state index in [1.165, 1.54) is 0 Å². The zero-order valence-corrected chi connectivity index (χ0v) is 12.5. The minimum Gasteiger partial charge on any atom is -0.348 e. The molecule has 5 nitrogen and oxygen atoms in total. The molecule has 1 spiro atoms. The third kappa shape index (κ3) is 3.15. The summed E-state index contributed by atoms with van der Waals surface area (Å²) in [5.41, 5.74) is 0. The fourth-order valence-corrected chi connectivity index (χ4v) is 3.54. The lowest BCUT2D eigenvalue weighted by Gasteiger charge is -2.37. The molecule has 1 aliphatic carbocycles. The lowest BCUT2D eigenvalue weighted by atomic mass is 9.83. The van der Waals surface area contributed by atoms with Gasteiger partial charge in [-0.25, -0.2) is 0 Å². The van der Waals surface area contributed by atoms with Gasteiger partial charge in [0.15, 0.2) is 5.79 Å². The average molecular weight is 282 g/mol. The van der Waals surface area contributed by atoms with Gasteiger partial charge in [-0.2, -0.15) is 0 Å². The highest BCUT2D eigenvalue weighted by atomic mass is 16.7. The van der Waals surface area contributed by atoms with E-state index < -0.39 is 0 Å². The summed E-state index contributed by atoms with van der Waals surface area (Å²) in [6.07, 6.45) is 4.72. The Morgan fingerprint density at radius 2 is 1.70 bits per heavy atom. The quantitative estimate of drug-likeness (QED) is 0.760. The van der Waals surface area contributed by atoms with Crippen LogP contribution in [0.15, 0.2) is 0 Å². The Kier molecular flexibility index (Phi) is 4.29. The molecule has 0 aromatic heterocycles. The molecule has 5 heteroatoms. The van der Waals surface area contributed by atoms with Crippen molar-refractivity contribution in [3.05, 3.63) is 0 Å². The van der Waals surface area contributed by atoms with Crippen LogP contribution in [-0.2, 0) is 14.3 Å². The van der Waals surface area contributed by atoms with E-state index in [9.17, 15) is 4.79 Å². The molecule has 1 amide bonds. The Balaban J connectivity index is 1.43. The summed E-state index contributed by atoms with van der Waals surface area (Å²) in [7, 11) is 2.12. The van der Waals surface area contributed by atoms with Crippen LogP contribution in [-0.4, -0.2) is 67.9 Å². The first-order valence-corrected chi connectivity index (χ1v) is 7.91. The van der Waals surface area contributed by atoms with Crippen LogP contribution >= 0.6 is 0 Å². The molecule has 0 unspecified atom stereocenters. The normalized spacial score (nSPS) is 28.1. The van der Waals surface area contributed by atoms with Crippen molar-refractivity contribution in [2.45, 2.75) is 37.9 Å². The van der Waals surface area contributed by atoms with Crippen LogP contribution in [0.1, 0.15) is 32.1 Å². The summed E-state index contributed by atoms with van der Waals surface area (Å²) in [5, 5.41) is 0. The van der Waals surface area contributed by atoms with Crippen LogP contribution in [0, 0.1) is 5.92 Å². The number of amides is 1. The maximum atomic E-state index is 12.3. The van der Waals surface area contributed by atoms with Gasteiger partial charge in [0.2, 0.25) is 5.91 Å². The largest absolute Gasteiger partial charge is 0.348 e. The highest BCUT2D eigenvalue weighted by Gasteiger charge is 2.40. The number of piperazine rings is 1. The molecular weight excluding hydrogens is 256 g/mol. The highest BCUT2D eigenvalue weighted by molar-refractivity contribution is 5.76. The molecule has 2 saturated heterocycles. The van der Waals surface area contributed by atoms with Gasteiger partial charge in [0, 0.05) is 45.4 Å². The van der Waals surface area contributed by atoms with E-state index in [1.54, 1.807) is 0 Å². The molecule has 0 aromatic carbocycles. The van der Waals surface area contributed by atoms with Gasteiger partial charge < -0.3 is 19.3 Å². The molecule has 0 atom stereocenters. The van der Waals surface area contributed by atoms with E-state index in [4.69, 9.17) is 9.47 Å². The topological polar surface area (TPSA) is 42.0 Å². The molecule has 1 saturated carbocycles. The van der Waals surface area contributed by atoms with Crippen molar-refractivity contribution in [3.8, 4) is 0 Å². The minimum atomic E-state index is -0.298. The predicted molar refractivity (Wildman–Crippen MR) is 75.3 cm³/mol. The lowest BCUT2D eigenvalue weighted by Crippen LogP contribution is -2.47. The maximum Gasteiger partial charge on any atom is 0.222 e. The van der Waals surface area contributed by atoms with Crippen molar-refractivity contribution in [2.75, 3.05) is 46.4 Å². The number of nitrogens with zero attached hydrogens (tertiary/aromatic N) is 2. The molecule has 3 rings (SSSR count). The van der Waals surface area contributed by atoms with Crippen LogP contribution in [0.3, 0.4) is 0 Å². The average Bonchev–Trinajstić information content (AvgIpc) is 2.91. The Morgan fingerprint density at radius 1 is 1.10 bits per heavy atom. The summed E-state index contributed by atoms with van der Waals surface area (Å²) in [6, 6.07) is 0. The number of hydrogen-bond donors (Lipinski definition) is 0. The Labute approximate surface area is 121 Å². The van der Waals surface area contributed by atoms with Gasteiger partial charge in [0.25, 0.3) is 0 Å². The van der Waals surface area contributed by atoms with E-state index in [2.05, 4.69) is 11.9 Å². The van der Waals surface area contributed by atoms with Crippen LogP contribution in [0.4, 0.5) is 0 Å². The summed E-state index contributed by atoms with van der Waals surface area (Å²) in [6.45, 7) is 5.23. The molecule has 0 N–H and O–H groups in total. The fourth-order valence-electron chi connectivity index (χ4n) is 3.54. The van der Waals surface area contributed by atoms with Gasteiger partial charge in [-0.3, -0.25) is 4.79 Å². The standard InChI is InChI=1S/C15H26N2O3/c1-16-6-8-17(9-7-16)14(18)12-13-2-4-15(5-3-13)19-10-11-20-15/h13H,2-12H2,1H3. The smallest absolute Gasteiger partial charge is 0.222 e. The van der Waals surface area contributed by atoms with Gasteiger partial charge in [-0.05, 0) is 25.8 Å². The number of ether oxygens (including phenoxy) is 2. The van der Waals surface area contributed by atoms with Crippen molar-refractivity contribution in [2.24, 2.45) is 5.92 Å². The van der Waals surface area contributed by atoms with Gasteiger partial charge in [0.1, 0.15) is 0 Å². The molecule has 0 bridgehead atoms. The van der Waals surface area contributed by atoms with E-state index in [-0.39, 0.29) is 5.79 Å². The number of carbonyl (C=O) groups excluding carboxylic acids is 1. The zero-order valence-electron chi connectivity index (χ0n) is 12.5. The number of hydrogen-bond acceptors (Lipinski definition) is 4. The van der Waals surface area contributed by atoms with E-state index in [0.29, 0.717) is 18.2 Å². The fraction of sp³-hybridized carbons (Fsp3) is 0.933. The van der Waals surface area contributed by atoms with Gasteiger partial charge in [-0.15, -0.1) is 0 Å². The first kappa shape index (κ1) is 14.3. The van der Waals surface area contributed by atoms with Crippen LogP contribution < -0.4 is 0 Å². The Bertz CT molecular complexity index is 337. The van der Waals surface area contributed by atoms with Crippen LogP contribution in [0.25, 0.3) is 0 Å². The molecule has 0 radical (unpaired) electrons. The third-order valence-corrected chi connectivity index (χ3v) is 5.00. The first-order valence-electron chi connectivity index (χ1n) is 7.91. The molecule has 0 aromatic rings. The number of rotatable bonds is 2. The molecule has 2 aliphatic heterocycles. The minimum absolute atomic E-state index is 0.298. The van der Waals surface area contributed by atoms with E-state index >= 15 is 0 Å². The van der Waals surface area contributed by atoms with Crippen molar-refractivity contribution in [3.63, 3.8) is 0 Å². The molecule has 3 fully saturated rings. The van der Waals surface area contributed by atoms with Gasteiger partial charge in [-0.1, -0.05) is 0 Å². The highest BCUT2D eigenvalue weighted by Crippen LogP contribution is 2.39. The summed E-state index contributed by atoms with van der Waals surface area (Å²) in [5.74, 6) is 0.556. The Hall–Kier alpha value is -0.650. The number of carbonyl (C=O) groups is 1. The van der Waals surface area contributed by atoms with Gasteiger partial charge in [0.05, 0.1) is 13.2 Å². The molecule has 114 valence electrons. The van der Waals surface area contributed by atoms with Crippen LogP contribution in [0.5, 0.6) is 0 Å². The second kappa shape index (κ2) is 6.00. The molecular formula is C15H26N2O3. The van der Waals surface area contributed by atoms with Crippen LogP contribution in [0.2, 0.25) is 0 Å². The SMILES string of the molecule is CN1CCN(C(=O)CC2CCC3(CC2)OCCO3)CC1. The molecule has 3 aliphatic rings. The second-order valence-electron chi connectivity index (χ2n) is 6.44. The summed E-state index contributed by atoms with van der Waals surface area (Å²) < 4.78 is 11.5. The maximum absolute atomic E-state index is 12.3. The monoisotopic (exact) mass is 282 g/mol. The van der Waals surface area contributed by atoms with Crippen molar-refractivity contribution < 1.29 is 14.3 Å². The summed E-state index contributed by atoms with van der Waals surface area (Å²) in [4.78, 5) is 16.6. The molecule has 20 heavy (non-hydrogen) atoms. The predicted octanol–water partition coefficient (Wildman–Crippen LogP) is 1.08. The first-order chi connectivity index (χ1) is 9.67. The molecule has 2 heterocycles. The van der Waals surface area contributed by atoms with E-state index in [0.717, 1.165) is 65.1 Å². The number of likely N-dealkylation sites (N-methyl/N-ethyl adjacent to an activating group) is 1.